The third-order valence-electron chi connectivity index (χ3n) is 4.13. The number of ether oxygens (including phenoxy) is 2. The topological polar surface area (TPSA) is 50.7 Å². The second-order valence-electron chi connectivity index (χ2n) is 5.80. The van der Waals surface area contributed by atoms with Gasteiger partial charge in [0.15, 0.2) is 0 Å². The molecule has 2 N–H and O–H groups in total. The second-order valence-corrected chi connectivity index (χ2v) is 5.80. The Balaban J connectivity index is 2.02. The Morgan fingerprint density at radius 1 is 1.16 bits per heavy atom. The molecule has 4 atom stereocenters. The fourth-order valence-corrected chi connectivity index (χ4v) is 2.58. The maximum absolute atomic E-state index is 9.83. The molecule has 0 aromatic heterocycles. The van der Waals surface area contributed by atoms with E-state index in [-0.39, 0.29) is 0 Å². The van der Waals surface area contributed by atoms with E-state index in [9.17, 15) is 5.11 Å². The van der Waals surface area contributed by atoms with Gasteiger partial charge in [-0.05, 0) is 38.0 Å². The van der Waals surface area contributed by atoms with Crippen molar-refractivity contribution in [3.05, 3.63) is 0 Å². The predicted molar refractivity (Wildman–Crippen MR) is 77.3 cm³/mol. The Hall–Kier alpha value is -0.160. The van der Waals surface area contributed by atoms with E-state index in [0.29, 0.717) is 39.0 Å². The Morgan fingerprint density at radius 2 is 1.89 bits per heavy atom. The first kappa shape index (κ1) is 16.9. The maximum atomic E-state index is 9.83. The van der Waals surface area contributed by atoms with E-state index < -0.39 is 6.10 Å². The van der Waals surface area contributed by atoms with Crippen LogP contribution in [0, 0.1) is 11.8 Å². The highest BCUT2D eigenvalue weighted by atomic mass is 16.5. The number of aliphatic hydroxyl groups excluding tert-OH is 1. The van der Waals surface area contributed by atoms with Crippen LogP contribution in [-0.4, -0.2) is 50.2 Å². The molecule has 0 amide bonds. The van der Waals surface area contributed by atoms with Gasteiger partial charge in [-0.15, -0.1) is 0 Å². The monoisotopic (exact) mass is 273 g/mol. The molecule has 0 aromatic rings. The van der Waals surface area contributed by atoms with Gasteiger partial charge < -0.3 is 19.9 Å². The first-order valence-corrected chi connectivity index (χ1v) is 7.70. The largest absolute Gasteiger partial charge is 0.389 e. The van der Waals surface area contributed by atoms with Gasteiger partial charge in [0.2, 0.25) is 0 Å². The molecule has 0 aromatic carbocycles. The van der Waals surface area contributed by atoms with E-state index >= 15 is 0 Å². The molecule has 0 heterocycles. The van der Waals surface area contributed by atoms with Crippen molar-refractivity contribution in [2.24, 2.45) is 11.8 Å². The van der Waals surface area contributed by atoms with E-state index in [4.69, 9.17) is 9.47 Å². The minimum absolute atomic E-state index is 0.388. The molecule has 0 bridgehead atoms. The molecule has 1 rings (SSSR count). The van der Waals surface area contributed by atoms with E-state index in [0.717, 1.165) is 11.8 Å². The summed E-state index contributed by atoms with van der Waals surface area (Å²) in [4.78, 5) is 0. The lowest BCUT2D eigenvalue weighted by Gasteiger charge is -2.33. The smallest absolute Gasteiger partial charge is 0.0897 e. The van der Waals surface area contributed by atoms with Crippen LogP contribution in [0.25, 0.3) is 0 Å². The van der Waals surface area contributed by atoms with Crippen molar-refractivity contribution in [3.8, 4) is 0 Å². The van der Waals surface area contributed by atoms with Crippen LogP contribution in [0.5, 0.6) is 0 Å². The van der Waals surface area contributed by atoms with Crippen LogP contribution in [0.3, 0.4) is 0 Å². The zero-order valence-corrected chi connectivity index (χ0v) is 12.7. The summed E-state index contributed by atoms with van der Waals surface area (Å²) >= 11 is 0. The van der Waals surface area contributed by atoms with Crippen molar-refractivity contribution in [3.63, 3.8) is 0 Å². The molecule has 0 radical (unpaired) electrons. The first-order chi connectivity index (χ1) is 9.13. The molecule has 0 saturated heterocycles. The number of hydrogen-bond donors (Lipinski definition) is 2. The van der Waals surface area contributed by atoms with Crippen LogP contribution in [0.4, 0.5) is 0 Å². The molecular formula is C15H31NO3. The molecule has 1 saturated carbocycles. The Morgan fingerprint density at radius 3 is 2.58 bits per heavy atom. The van der Waals surface area contributed by atoms with Gasteiger partial charge in [0.1, 0.15) is 0 Å². The minimum Gasteiger partial charge on any atom is -0.389 e. The molecule has 4 nitrogen and oxygen atoms in total. The fraction of sp³-hybridized carbons (Fsp3) is 1.00. The Kier molecular flexibility index (Phi) is 8.62. The van der Waals surface area contributed by atoms with Crippen LogP contribution >= 0.6 is 0 Å². The standard InChI is InChI=1S/C15H31NO3/c1-4-18-7-8-19-11-15(17)10-16-14-6-5-12(2)13(3)9-14/h12-17H,4-11H2,1-3H3. The maximum Gasteiger partial charge on any atom is 0.0897 e. The highest BCUT2D eigenvalue weighted by molar-refractivity contribution is 4.80. The van der Waals surface area contributed by atoms with Gasteiger partial charge in [-0.25, -0.2) is 0 Å². The molecule has 0 aliphatic heterocycles. The quantitative estimate of drug-likeness (QED) is 0.629. The summed E-state index contributed by atoms with van der Waals surface area (Å²) in [6, 6.07) is 0.560. The van der Waals surface area contributed by atoms with Crippen molar-refractivity contribution in [2.45, 2.75) is 52.2 Å². The van der Waals surface area contributed by atoms with Crippen LogP contribution in [0.15, 0.2) is 0 Å². The molecule has 0 spiro atoms. The molecular weight excluding hydrogens is 242 g/mol. The van der Waals surface area contributed by atoms with E-state index in [1.165, 1.54) is 19.3 Å². The zero-order chi connectivity index (χ0) is 14.1. The SMILES string of the molecule is CCOCCOCC(O)CNC1CCC(C)C(C)C1. The summed E-state index contributed by atoms with van der Waals surface area (Å²) in [5.74, 6) is 1.62. The highest BCUT2D eigenvalue weighted by Gasteiger charge is 2.24. The number of hydrogen-bond acceptors (Lipinski definition) is 4. The van der Waals surface area contributed by atoms with Crippen molar-refractivity contribution in [1.82, 2.24) is 5.32 Å². The third kappa shape index (κ3) is 7.25. The summed E-state index contributed by atoms with van der Waals surface area (Å²) < 4.78 is 10.5. The van der Waals surface area contributed by atoms with Gasteiger partial charge in [0.25, 0.3) is 0 Å². The van der Waals surface area contributed by atoms with Gasteiger partial charge in [-0.2, -0.15) is 0 Å². The number of aliphatic hydroxyl groups is 1. The van der Waals surface area contributed by atoms with Gasteiger partial charge in [0.05, 0.1) is 25.9 Å². The van der Waals surface area contributed by atoms with Crippen molar-refractivity contribution >= 4 is 0 Å². The summed E-state index contributed by atoms with van der Waals surface area (Å²) in [6.07, 6.45) is 3.32. The van der Waals surface area contributed by atoms with Crippen LogP contribution in [0.2, 0.25) is 0 Å². The Labute approximate surface area is 117 Å². The molecule has 1 fully saturated rings. The van der Waals surface area contributed by atoms with Crippen molar-refractivity contribution in [1.29, 1.82) is 0 Å². The van der Waals surface area contributed by atoms with Gasteiger partial charge in [-0.3, -0.25) is 0 Å². The summed E-state index contributed by atoms with van der Waals surface area (Å²) in [7, 11) is 0. The molecule has 4 heteroatoms. The minimum atomic E-state index is -0.420. The molecule has 114 valence electrons. The lowest BCUT2D eigenvalue weighted by molar-refractivity contribution is 0.00495. The lowest BCUT2D eigenvalue weighted by Crippen LogP contribution is -2.41. The van der Waals surface area contributed by atoms with E-state index in [1.807, 2.05) is 6.92 Å². The fourth-order valence-electron chi connectivity index (χ4n) is 2.58. The molecule has 1 aliphatic carbocycles. The summed E-state index contributed by atoms with van der Waals surface area (Å²) in [6.45, 7) is 9.51. The Bertz CT molecular complexity index is 225. The lowest BCUT2D eigenvalue weighted by atomic mass is 9.79. The molecule has 1 aliphatic rings. The molecule has 4 unspecified atom stereocenters. The van der Waals surface area contributed by atoms with Crippen LogP contribution < -0.4 is 5.32 Å². The van der Waals surface area contributed by atoms with Gasteiger partial charge in [-0.1, -0.05) is 13.8 Å². The number of rotatable bonds is 9. The van der Waals surface area contributed by atoms with E-state index in [2.05, 4.69) is 19.2 Å². The first-order valence-electron chi connectivity index (χ1n) is 7.70. The van der Waals surface area contributed by atoms with Gasteiger partial charge >= 0.3 is 0 Å². The summed E-state index contributed by atoms with van der Waals surface area (Å²) in [5.41, 5.74) is 0. The van der Waals surface area contributed by atoms with Crippen LogP contribution in [-0.2, 0) is 9.47 Å². The second kappa shape index (κ2) is 9.70. The normalized spacial score (nSPS) is 29.4. The average molecular weight is 273 g/mol. The summed E-state index contributed by atoms with van der Waals surface area (Å²) in [5, 5.41) is 13.3. The van der Waals surface area contributed by atoms with Crippen molar-refractivity contribution < 1.29 is 14.6 Å². The average Bonchev–Trinajstić information content (AvgIpc) is 2.40. The van der Waals surface area contributed by atoms with Crippen molar-refractivity contribution in [2.75, 3.05) is 33.0 Å². The van der Waals surface area contributed by atoms with Crippen LogP contribution in [0.1, 0.15) is 40.0 Å². The highest BCUT2D eigenvalue weighted by Crippen LogP contribution is 2.29. The predicted octanol–water partition coefficient (Wildman–Crippen LogP) is 1.81. The zero-order valence-electron chi connectivity index (χ0n) is 12.7. The van der Waals surface area contributed by atoms with Gasteiger partial charge in [0, 0.05) is 19.2 Å². The number of nitrogens with one attached hydrogen (secondary N) is 1. The third-order valence-corrected chi connectivity index (χ3v) is 4.13. The molecule has 19 heavy (non-hydrogen) atoms. The van der Waals surface area contributed by atoms with E-state index in [1.54, 1.807) is 0 Å².